The van der Waals surface area contributed by atoms with Gasteiger partial charge in [-0.2, -0.15) is 5.10 Å². The van der Waals surface area contributed by atoms with Crippen molar-refractivity contribution in [3.8, 4) is 5.75 Å². The second-order valence-electron chi connectivity index (χ2n) is 7.33. The predicted molar refractivity (Wildman–Crippen MR) is 104 cm³/mol. The zero-order valence-corrected chi connectivity index (χ0v) is 16.5. The fraction of sp³-hybridized carbons (Fsp3) is 0.381. The first-order valence-corrected chi connectivity index (χ1v) is 9.19. The Balaban J connectivity index is 1.74. The number of aromatic hydroxyl groups is 1. The van der Waals surface area contributed by atoms with Gasteiger partial charge in [-0.3, -0.25) is 9.48 Å². The molecule has 3 aromatic rings. The summed E-state index contributed by atoms with van der Waals surface area (Å²) in [5, 5.41) is 14.7. The molecule has 7 heteroatoms. The number of carbonyl (C=O) groups is 1. The van der Waals surface area contributed by atoms with Gasteiger partial charge in [0.15, 0.2) is 0 Å². The van der Waals surface area contributed by atoms with Crippen molar-refractivity contribution in [2.45, 2.75) is 47.3 Å². The lowest BCUT2D eigenvalue weighted by molar-refractivity contribution is -0.144. The number of esters is 1. The summed E-state index contributed by atoms with van der Waals surface area (Å²) in [6, 6.07) is 5.77. The van der Waals surface area contributed by atoms with E-state index in [1.54, 1.807) is 6.07 Å². The van der Waals surface area contributed by atoms with Crippen molar-refractivity contribution in [3.05, 3.63) is 57.2 Å². The van der Waals surface area contributed by atoms with Crippen LogP contribution in [0.5, 0.6) is 5.75 Å². The highest BCUT2D eigenvalue weighted by molar-refractivity contribution is 5.81. The van der Waals surface area contributed by atoms with Crippen molar-refractivity contribution < 1.29 is 19.1 Å². The third kappa shape index (κ3) is 4.24. The molecule has 0 saturated heterocycles. The molecule has 0 atom stereocenters. The molecule has 7 nitrogen and oxygen atoms in total. The average Bonchev–Trinajstić information content (AvgIpc) is 2.86. The molecule has 0 aliphatic carbocycles. The number of hydrogen-bond acceptors (Lipinski definition) is 6. The second kappa shape index (κ2) is 7.88. The van der Waals surface area contributed by atoms with Gasteiger partial charge in [0.05, 0.1) is 12.1 Å². The SMILES string of the molecule is Cc1nn(CC(C)C)c(C)c1CC(=O)OCc1cc(=O)oc2cc(O)ccc12. The Labute approximate surface area is 162 Å². The van der Waals surface area contributed by atoms with Crippen LogP contribution in [0.4, 0.5) is 0 Å². The Morgan fingerprint density at radius 1 is 1.29 bits per heavy atom. The average molecular weight is 384 g/mol. The number of hydrogen-bond donors (Lipinski definition) is 1. The monoisotopic (exact) mass is 384 g/mol. The molecule has 0 fully saturated rings. The summed E-state index contributed by atoms with van der Waals surface area (Å²) < 4.78 is 12.4. The molecule has 0 aliphatic heterocycles. The first-order chi connectivity index (χ1) is 13.2. The van der Waals surface area contributed by atoms with Crippen LogP contribution in [0.25, 0.3) is 11.0 Å². The van der Waals surface area contributed by atoms with E-state index in [0.717, 1.165) is 23.5 Å². The fourth-order valence-corrected chi connectivity index (χ4v) is 3.21. The van der Waals surface area contributed by atoms with E-state index in [4.69, 9.17) is 9.15 Å². The molecule has 0 aliphatic rings. The number of benzene rings is 1. The molecule has 2 heterocycles. The highest BCUT2D eigenvalue weighted by Crippen LogP contribution is 2.22. The maximum atomic E-state index is 12.4. The lowest BCUT2D eigenvalue weighted by Gasteiger charge is -2.09. The Bertz CT molecular complexity index is 1080. The van der Waals surface area contributed by atoms with Gasteiger partial charge in [0, 0.05) is 40.9 Å². The van der Waals surface area contributed by atoms with Gasteiger partial charge in [0.25, 0.3) is 0 Å². The van der Waals surface area contributed by atoms with E-state index in [0.29, 0.717) is 16.9 Å². The molecular weight excluding hydrogens is 360 g/mol. The van der Waals surface area contributed by atoms with Gasteiger partial charge in [0.1, 0.15) is 17.9 Å². The number of aryl methyl sites for hydroxylation is 1. The molecule has 148 valence electrons. The predicted octanol–water partition coefficient (Wildman–Crippen LogP) is 3.25. The van der Waals surface area contributed by atoms with Crippen molar-refractivity contribution >= 4 is 16.9 Å². The number of nitrogens with zero attached hydrogens (tertiary/aromatic N) is 2. The zero-order valence-electron chi connectivity index (χ0n) is 16.5. The number of aromatic nitrogens is 2. The van der Waals surface area contributed by atoms with E-state index >= 15 is 0 Å². The van der Waals surface area contributed by atoms with Crippen LogP contribution in [0.15, 0.2) is 33.5 Å². The highest BCUT2D eigenvalue weighted by Gasteiger charge is 2.17. The lowest BCUT2D eigenvalue weighted by atomic mass is 10.1. The maximum Gasteiger partial charge on any atom is 0.336 e. The van der Waals surface area contributed by atoms with Crippen LogP contribution in [0.3, 0.4) is 0 Å². The van der Waals surface area contributed by atoms with Crippen LogP contribution < -0.4 is 5.63 Å². The molecule has 0 spiro atoms. The van der Waals surface area contributed by atoms with Gasteiger partial charge in [0.2, 0.25) is 0 Å². The van der Waals surface area contributed by atoms with Crippen molar-refractivity contribution in [2.75, 3.05) is 0 Å². The Morgan fingerprint density at radius 3 is 2.75 bits per heavy atom. The maximum absolute atomic E-state index is 12.4. The van der Waals surface area contributed by atoms with E-state index in [9.17, 15) is 14.7 Å². The van der Waals surface area contributed by atoms with Crippen LogP contribution in [-0.2, 0) is 29.1 Å². The minimum absolute atomic E-state index is 0.00541. The summed E-state index contributed by atoms with van der Waals surface area (Å²) in [4.78, 5) is 24.1. The third-order valence-electron chi connectivity index (χ3n) is 4.59. The molecule has 0 unspecified atom stereocenters. The molecule has 1 aromatic carbocycles. The third-order valence-corrected chi connectivity index (χ3v) is 4.59. The normalized spacial score (nSPS) is 11.3. The van der Waals surface area contributed by atoms with Crippen LogP contribution in [-0.4, -0.2) is 20.9 Å². The second-order valence-corrected chi connectivity index (χ2v) is 7.33. The smallest absolute Gasteiger partial charge is 0.336 e. The topological polar surface area (TPSA) is 94.6 Å². The summed E-state index contributed by atoms with van der Waals surface area (Å²) in [6.45, 7) is 8.81. The summed E-state index contributed by atoms with van der Waals surface area (Å²) in [5.41, 5.74) is 2.86. The molecule has 0 bridgehead atoms. The zero-order chi connectivity index (χ0) is 20.4. The van der Waals surface area contributed by atoms with Crippen LogP contribution in [0.2, 0.25) is 0 Å². The van der Waals surface area contributed by atoms with E-state index in [1.807, 2.05) is 18.5 Å². The Kier molecular flexibility index (Phi) is 5.53. The summed E-state index contributed by atoms with van der Waals surface area (Å²) in [6.07, 6.45) is 0.121. The van der Waals surface area contributed by atoms with Crippen LogP contribution in [0, 0.1) is 19.8 Å². The molecule has 3 rings (SSSR count). The standard InChI is InChI=1S/C21H24N2O5/c1-12(2)10-23-14(4)18(13(3)22-23)9-20(25)27-11-15-7-21(26)28-19-8-16(24)5-6-17(15)19/h5-8,12,24H,9-11H2,1-4H3. The highest BCUT2D eigenvalue weighted by atomic mass is 16.5. The molecular formula is C21H24N2O5. The molecule has 2 aromatic heterocycles. The van der Waals surface area contributed by atoms with Crippen molar-refractivity contribution in [1.29, 1.82) is 0 Å². The van der Waals surface area contributed by atoms with Gasteiger partial charge in [-0.15, -0.1) is 0 Å². The molecule has 0 amide bonds. The summed E-state index contributed by atoms with van der Waals surface area (Å²) in [7, 11) is 0. The first-order valence-electron chi connectivity index (χ1n) is 9.19. The number of phenolic OH excluding ortho intramolecular Hbond substituents is 1. The van der Waals surface area contributed by atoms with E-state index in [2.05, 4.69) is 18.9 Å². The minimum Gasteiger partial charge on any atom is -0.508 e. The Morgan fingerprint density at radius 2 is 2.04 bits per heavy atom. The van der Waals surface area contributed by atoms with Crippen LogP contribution >= 0.6 is 0 Å². The number of ether oxygens (including phenoxy) is 1. The lowest BCUT2D eigenvalue weighted by Crippen LogP contribution is -2.12. The van der Waals surface area contributed by atoms with E-state index < -0.39 is 11.6 Å². The van der Waals surface area contributed by atoms with Crippen molar-refractivity contribution in [2.24, 2.45) is 5.92 Å². The minimum atomic E-state index is -0.564. The van der Waals surface area contributed by atoms with Gasteiger partial charge in [-0.1, -0.05) is 13.8 Å². The summed E-state index contributed by atoms with van der Waals surface area (Å²) in [5.74, 6) is 0.0555. The Hall–Kier alpha value is -3.09. The number of rotatable bonds is 6. The molecule has 1 N–H and O–H groups in total. The van der Waals surface area contributed by atoms with Crippen LogP contribution in [0.1, 0.15) is 36.4 Å². The fourth-order valence-electron chi connectivity index (χ4n) is 3.21. The quantitative estimate of drug-likeness (QED) is 0.518. The van der Waals surface area contributed by atoms with Gasteiger partial charge < -0.3 is 14.3 Å². The van der Waals surface area contributed by atoms with E-state index in [-0.39, 0.29) is 24.4 Å². The van der Waals surface area contributed by atoms with E-state index in [1.165, 1.54) is 18.2 Å². The summed E-state index contributed by atoms with van der Waals surface area (Å²) >= 11 is 0. The number of carbonyl (C=O) groups excluding carboxylic acids is 1. The van der Waals surface area contributed by atoms with Crippen molar-refractivity contribution in [3.63, 3.8) is 0 Å². The molecule has 0 radical (unpaired) electrons. The van der Waals surface area contributed by atoms with Gasteiger partial charge in [-0.25, -0.2) is 4.79 Å². The number of fused-ring (bicyclic) bond motifs is 1. The molecule has 0 saturated carbocycles. The largest absolute Gasteiger partial charge is 0.508 e. The van der Waals surface area contributed by atoms with Gasteiger partial charge >= 0.3 is 11.6 Å². The first kappa shape index (κ1) is 19.7. The number of phenols is 1. The van der Waals surface area contributed by atoms with Crippen molar-refractivity contribution in [1.82, 2.24) is 9.78 Å². The van der Waals surface area contributed by atoms with Gasteiger partial charge in [-0.05, 0) is 31.9 Å². The molecule has 28 heavy (non-hydrogen) atoms.